The molecule has 0 spiro atoms. The van der Waals surface area contributed by atoms with Crippen LogP contribution in [0, 0.1) is 0 Å². The molecule has 1 aliphatic carbocycles. The Hall–Kier alpha value is -6.65. The van der Waals surface area contributed by atoms with Gasteiger partial charge in [0.2, 0.25) is 11.8 Å². The third kappa shape index (κ3) is 9.96. The zero-order valence-electron chi connectivity index (χ0n) is 46.7. The van der Waals surface area contributed by atoms with E-state index in [9.17, 15) is 33.6 Å². The molecule has 4 N–H and O–H groups in total. The maximum Gasteiger partial charge on any atom is 0.471 e. The molecule has 0 saturated carbocycles. The van der Waals surface area contributed by atoms with Crippen molar-refractivity contribution in [1.29, 1.82) is 0 Å². The molecule has 4 aromatic heterocycles. The average Bonchev–Trinajstić information content (AvgIpc) is 4.11. The van der Waals surface area contributed by atoms with E-state index in [2.05, 4.69) is 43.4 Å². The minimum absolute atomic E-state index is 0.0642. The first-order valence-corrected chi connectivity index (χ1v) is 28.7. The second-order valence-electron chi connectivity index (χ2n) is 21.5. The molecule has 1 unspecified atom stereocenters. The first-order chi connectivity index (χ1) is 38.4. The van der Waals surface area contributed by atoms with E-state index in [0.29, 0.717) is 52.7 Å². The number of phosphoric acid groups is 1. The SMILES string of the molecule is [2H]C([2H])([2H])Oc1ncc(-c2ccnc(N3CCc4c(sc5c4CCCC5)C3=O)c2C(C)(C)O)cc1Nc1ccc(N2CCN(C3CCN(c4ccc5c(c4)C(=O)N([C@H]4CCC(=O)N(COP(=O)(O)O)C4=O)C5=O)[C@@H](C)C3)C[C@@H]2C)cn1. The fourth-order valence-electron chi connectivity index (χ4n) is 12.4. The fraction of sp³-hybridized carbons (Fsp3) is 0.455. The summed E-state index contributed by atoms with van der Waals surface area (Å²) in [5.74, 6) is -2.63. The summed E-state index contributed by atoms with van der Waals surface area (Å²) in [6, 6.07) is 11.4. The lowest BCUT2D eigenvalue weighted by molar-refractivity contribution is -0.155. The number of likely N-dealkylation sites (tertiary alicyclic amines) is 1. The number of nitrogens with one attached hydrogen (secondary N) is 1. The van der Waals surface area contributed by atoms with Gasteiger partial charge < -0.3 is 34.7 Å². The molecule has 6 aliphatic rings. The Morgan fingerprint density at radius 3 is 2.35 bits per heavy atom. The summed E-state index contributed by atoms with van der Waals surface area (Å²) in [4.78, 5) is 112. The quantitative estimate of drug-likeness (QED) is 0.0734. The van der Waals surface area contributed by atoms with Crippen LogP contribution in [0.5, 0.6) is 5.88 Å². The minimum Gasteiger partial charge on any atom is -0.480 e. The fourth-order valence-corrected chi connectivity index (χ4v) is 14.0. The van der Waals surface area contributed by atoms with Crippen molar-refractivity contribution in [3.63, 3.8) is 0 Å². The van der Waals surface area contributed by atoms with Crippen molar-refractivity contribution in [2.45, 2.75) is 115 Å². The molecule has 23 heteroatoms. The van der Waals surface area contributed by atoms with Crippen molar-refractivity contribution in [2.75, 3.05) is 66.5 Å². The van der Waals surface area contributed by atoms with Crippen LogP contribution in [0.1, 0.15) is 122 Å². The second kappa shape index (κ2) is 20.9. The zero-order chi connectivity index (χ0) is 57.4. The normalized spacial score (nSPS) is 23.0. The highest BCUT2D eigenvalue weighted by molar-refractivity contribution is 7.46. The lowest BCUT2D eigenvalue weighted by atomic mass is 9.89. The molecule has 21 nitrogen and oxygen atoms in total. The number of aliphatic hydroxyl groups is 1. The second-order valence-corrected chi connectivity index (χ2v) is 23.8. The smallest absolute Gasteiger partial charge is 0.471 e. The molecule has 1 aromatic carbocycles. The Labute approximate surface area is 459 Å². The number of imide groups is 2. The highest BCUT2D eigenvalue weighted by atomic mass is 32.1. The number of fused-ring (bicyclic) bond motifs is 4. The van der Waals surface area contributed by atoms with Crippen LogP contribution in [0.25, 0.3) is 11.1 Å². The summed E-state index contributed by atoms with van der Waals surface area (Å²) in [6.07, 6.45) is 11.0. The first-order valence-electron chi connectivity index (χ1n) is 27.9. The van der Waals surface area contributed by atoms with Gasteiger partial charge in [-0.25, -0.2) is 19.5 Å². The Balaban J connectivity index is 0.744. The number of hydrogen-bond donors (Lipinski definition) is 4. The number of rotatable bonds is 13. The standard InChI is InChI=1S/C55H63N10O11PS/c1-31-24-34(17-20-61(31)35-10-12-40-41(26-35)52(68)65(51(40)67)43-13-15-46(66)64(53(43)69)30-76-77(72,73)74)60-22-23-62(32(2)29-60)36-11-14-45(57-28-36)59-42-25-33(27-58-50(42)75-5)37-16-19-56-49(47(37)55(3,4)71)63-21-18-39-38-8-6-7-9-44(38)78-48(39)54(63)70/h10-12,14,16,19,25-28,31-32,34,43,71H,6-9,13,15,17-18,20-24,29-30H2,1-5H3,(H,57,59)(H2,72,73,74)/t31-,32-,34?,43-/m0/s1/i5D3. The van der Waals surface area contributed by atoms with E-state index in [1.54, 1.807) is 72.8 Å². The number of anilines is 5. The van der Waals surface area contributed by atoms with Crippen LogP contribution in [0.4, 0.5) is 28.7 Å². The van der Waals surface area contributed by atoms with Crippen molar-refractivity contribution in [3.05, 3.63) is 98.6 Å². The Morgan fingerprint density at radius 1 is 0.821 bits per heavy atom. The predicted octanol–water partition coefficient (Wildman–Crippen LogP) is 6.41. The van der Waals surface area contributed by atoms with Crippen LogP contribution < -0.4 is 24.8 Å². The number of thiophene rings is 1. The van der Waals surface area contributed by atoms with Crippen molar-refractivity contribution in [3.8, 4) is 17.0 Å². The number of pyridine rings is 3. The molecule has 3 fully saturated rings. The van der Waals surface area contributed by atoms with Crippen LogP contribution in [0.3, 0.4) is 0 Å². The highest BCUT2D eigenvalue weighted by Crippen LogP contribution is 2.44. The Bertz CT molecular complexity index is 3410. The molecule has 410 valence electrons. The number of piperazine rings is 1. The summed E-state index contributed by atoms with van der Waals surface area (Å²) < 4.78 is 44.8. The van der Waals surface area contributed by atoms with Gasteiger partial charge in [0.25, 0.3) is 23.6 Å². The largest absolute Gasteiger partial charge is 0.480 e. The summed E-state index contributed by atoms with van der Waals surface area (Å²) in [6.45, 7) is 9.98. The van der Waals surface area contributed by atoms with Crippen molar-refractivity contribution >= 4 is 77.4 Å². The number of benzene rings is 1. The minimum atomic E-state index is -5.02. The van der Waals surface area contributed by atoms with Gasteiger partial charge >= 0.3 is 7.82 Å². The van der Waals surface area contributed by atoms with Crippen molar-refractivity contribution in [2.24, 2.45) is 0 Å². The average molecular weight is 1110 g/mol. The van der Waals surface area contributed by atoms with Crippen molar-refractivity contribution in [1.82, 2.24) is 29.7 Å². The van der Waals surface area contributed by atoms with E-state index in [1.807, 2.05) is 12.1 Å². The molecule has 4 atom stereocenters. The van der Waals surface area contributed by atoms with Crippen LogP contribution in [-0.2, 0) is 43.5 Å². The van der Waals surface area contributed by atoms with E-state index >= 15 is 0 Å². The number of nitrogens with zero attached hydrogens (tertiary/aromatic N) is 9. The number of methoxy groups -OCH3 is 1. The molecule has 0 bridgehead atoms. The summed E-state index contributed by atoms with van der Waals surface area (Å²) in [5.41, 5.74) is 4.63. The van der Waals surface area contributed by atoms with E-state index in [1.165, 1.54) is 16.6 Å². The number of hydrogen-bond acceptors (Lipinski definition) is 17. The van der Waals surface area contributed by atoms with E-state index < -0.39 is 56.9 Å². The molecule has 11 rings (SSSR count). The highest BCUT2D eigenvalue weighted by Gasteiger charge is 2.48. The number of piperidine rings is 2. The monoisotopic (exact) mass is 1110 g/mol. The van der Waals surface area contributed by atoms with Crippen LogP contribution >= 0.6 is 19.2 Å². The lowest BCUT2D eigenvalue weighted by Crippen LogP contribution is -2.58. The summed E-state index contributed by atoms with van der Waals surface area (Å²) in [5, 5.41) is 15.0. The molecule has 9 heterocycles. The third-order valence-electron chi connectivity index (χ3n) is 16.1. The molecule has 5 aromatic rings. The van der Waals surface area contributed by atoms with Gasteiger partial charge in [0.1, 0.15) is 30.1 Å². The zero-order valence-corrected chi connectivity index (χ0v) is 45.4. The van der Waals surface area contributed by atoms with Gasteiger partial charge in [-0.1, -0.05) is 0 Å². The number of aromatic nitrogens is 3. The van der Waals surface area contributed by atoms with Crippen LogP contribution in [0.2, 0.25) is 0 Å². The number of phosphoric ester groups is 1. The lowest BCUT2D eigenvalue weighted by Gasteiger charge is -2.48. The van der Waals surface area contributed by atoms with E-state index in [0.717, 1.165) is 84.9 Å². The van der Waals surface area contributed by atoms with Crippen molar-refractivity contribution < 1.29 is 56.8 Å². The molecule has 5 amide bonds. The van der Waals surface area contributed by atoms with Gasteiger partial charge in [0, 0.05) is 91.4 Å². The number of ether oxygens (including phenoxy) is 1. The number of amides is 5. The van der Waals surface area contributed by atoms with Gasteiger partial charge in [0.05, 0.1) is 44.6 Å². The molecular formula is C55H63N10O11PS. The third-order valence-corrected chi connectivity index (χ3v) is 17.9. The van der Waals surface area contributed by atoms with E-state index in [-0.39, 0.29) is 59.6 Å². The van der Waals surface area contributed by atoms with Crippen LogP contribution in [-0.4, -0.2) is 145 Å². The van der Waals surface area contributed by atoms with Gasteiger partial charge in [-0.15, -0.1) is 11.3 Å². The number of aryl methyl sites for hydroxylation is 1. The molecular weight excluding hydrogens is 1040 g/mol. The maximum atomic E-state index is 14.3. The van der Waals surface area contributed by atoms with Crippen LogP contribution in [0.15, 0.2) is 61.1 Å². The van der Waals surface area contributed by atoms with Gasteiger partial charge in [-0.3, -0.25) is 48.1 Å². The Kier molecular flexibility index (Phi) is 13.3. The summed E-state index contributed by atoms with van der Waals surface area (Å²) >= 11 is 1.58. The molecule has 78 heavy (non-hydrogen) atoms. The first kappa shape index (κ1) is 49.6. The van der Waals surface area contributed by atoms with Gasteiger partial charge in [-0.05, 0) is 138 Å². The van der Waals surface area contributed by atoms with Gasteiger partial charge in [0.15, 0.2) is 0 Å². The predicted molar refractivity (Wildman–Crippen MR) is 291 cm³/mol. The molecule has 3 saturated heterocycles. The number of carbonyl (C=O) groups excluding carboxylic acids is 5. The van der Waals surface area contributed by atoms with E-state index in [4.69, 9.17) is 28.6 Å². The topological polar surface area (TPSA) is 252 Å². The Morgan fingerprint density at radius 2 is 1.60 bits per heavy atom. The van der Waals surface area contributed by atoms with Gasteiger partial charge in [-0.2, -0.15) is 0 Å². The maximum absolute atomic E-state index is 14.3. The molecule has 5 aliphatic heterocycles. The summed E-state index contributed by atoms with van der Waals surface area (Å²) in [7, 11) is -7.85. The molecule has 0 radical (unpaired) electrons. The number of carbonyl (C=O) groups is 5.